The molecule has 0 atom stereocenters. The zero-order valence-electron chi connectivity index (χ0n) is 10.5. The molecule has 3 N–H and O–H groups in total. The van der Waals surface area contributed by atoms with Crippen LogP contribution in [0.4, 0.5) is 17.3 Å². The number of rotatable bonds is 4. The number of thioether (sulfide) groups is 1. The highest BCUT2D eigenvalue weighted by atomic mass is 32.2. The third-order valence-electron chi connectivity index (χ3n) is 2.48. The molecule has 0 spiro atoms. The highest BCUT2D eigenvalue weighted by Crippen LogP contribution is 2.27. The van der Waals surface area contributed by atoms with E-state index in [1.165, 1.54) is 4.90 Å². The number of benzene rings is 1. The quantitative estimate of drug-likeness (QED) is 0.827. The van der Waals surface area contributed by atoms with E-state index < -0.39 is 0 Å². The molecular weight excluding hydrogens is 244 g/mol. The third-order valence-corrected chi connectivity index (χ3v) is 3.27. The van der Waals surface area contributed by atoms with E-state index in [1.807, 2.05) is 31.4 Å². The van der Waals surface area contributed by atoms with Gasteiger partial charge in [-0.15, -0.1) is 11.8 Å². The first-order valence-corrected chi connectivity index (χ1v) is 6.99. The molecular formula is C13H16N4S. The Morgan fingerprint density at radius 1 is 1.28 bits per heavy atom. The summed E-state index contributed by atoms with van der Waals surface area (Å²) in [6.07, 6.45) is 2.82. The number of nitrogens with zero attached hydrogens (tertiary/aromatic N) is 2. The zero-order chi connectivity index (χ0) is 13.0. The van der Waals surface area contributed by atoms with Gasteiger partial charge in [-0.25, -0.2) is 9.97 Å². The number of nitrogen functional groups attached to an aromatic ring is 1. The van der Waals surface area contributed by atoms with Gasteiger partial charge in [-0.2, -0.15) is 0 Å². The van der Waals surface area contributed by atoms with Crippen molar-refractivity contribution in [1.82, 2.24) is 9.97 Å². The number of anilines is 3. The van der Waals surface area contributed by atoms with Crippen molar-refractivity contribution >= 4 is 29.1 Å². The van der Waals surface area contributed by atoms with Gasteiger partial charge in [-0.1, -0.05) is 19.1 Å². The second kappa shape index (κ2) is 5.73. The van der Waals surface area contributed by atoms with Crippen molar-refractivity contribution in [3.05, 3.63) is 36.2 Å². The Hall–Kier alpha value is -1.75. The molecule has 2 rings (SSSR count). The fourth-order valence-electron chi connectivity index (χ4n) is 1.63. The Balaban J connectivity index is 2.30. The molecule has 0 amide bonds. The normalized spacial score (nSPS) is 10.3. The van der Waals surface area contributed by atoms with Crippen LogP contribution >= 0.6 is 11.8 Å². The summed E-state index contributed by atoms with van der Waals surface area (Å²) < 4.78 is 0. The monoisotopic (exact) mass is 260 g/mol. The van der Waals surface area contributed by atoms with E-state index in [-0.39, 0.29) is 0 Å². The van der Waals surface area contributed by atoms with Crippen molar-refractivity contribution in [3.8, 4) is 0 Å². The summed E-state index contributed by atoms with van der Waals surface area (Å²) in [6.45, 7) is 2.01. The van der Waals surface area contributed by atoms with Gasteiger partial charge in [0.25, 0.3) is 0 Å². The molecule has 0 bridgehead atoms. The number of nitrogens with two attached hydrogens (primary N) is 1. The van der Waals surface area contributed by atoms with Crippen LogP contribution in [-0.4, -0.2) is 16.2 Å². The molecule has 0 unspecified atom stereocenters. The summed E-state index contributed by atoms with van der Waals surface area (Å²) in [6, 6.07) is 9.85. The minimum absolute atomic E-state index is 0.492. The molecule has 1 aromatic carbocycles. The molecule has 0 aliphatic rings. The van der Waals surface area contributed by atoms with Gasteiger partial charge in [0.05, 0.1) is 5.69 Å². The standard InChI is InChI=1S/C13H16N4S/c1-3-12-16-11(14)8-13(17-12)15-9-6-4-5-7-10(9)18-2/h4-8H,3H2,1-2H3,(H3,14,15,16,17). The number of para-hydroxylation sites is 1. The molecule has 94 valence electrons. The van der Waals surface area contributed by atoms with E-state index >= 15 is 0 Å². The Bertz CT molecular complexity index is 542. The minimum Gasteiger partial charge on any atom is -0.384 e. The van der Waals surface area contributed by atoms with Crippen LogP contribution in [0, 0.1) is 0 Å². The molecule has 0 radical (unpaired) electrons. The van der Waals surface area contributed by atoms with Gasteiger partial charge >= 0.3 is 0 Å². The lowest BCUT2D eigenvalue weighted by molar-refractivity contribution is 0.948. The highest BCUT2D eigenvalue weighted by molar-refractivity contribution is 7.98. The summed E-state index contributed by atoms with van der Waals surface area (Å²) in [7, 11) is 0. The van der Waals surface area contributed by atoms with Crippen LogP contribution in [0.3, 0.4) is 0 Å². The van der Waals surface area contributed by atoms with Gasteiger partial charge in [-0.05, 0) is 18.4 Å². The molecule has 5 heteroatoms. The van der Waals surface area contributed by atoms with Crippen LogP contribution < -0.4 is 11.1 Å². The Labute approximate surface area is 111 Å². The molecule has 0 saturated heterocycles. The first-order chi connectivity index (χ1) is 8.72. The van der Waals surface area contributed by atoms with Crippen molar-refractivity contribution in [1.29, 1.82) is 0 Å². The van der Waals surface area contributed by atoms with Crippen LogP contribution in [0.5, 0.6) is 0 Å². The second-order valence-corrected chi connectivity index (χ2v) is 4.62. The summed E-state index contributed by atoms with van der Waals surface area (Å²) in [5.74, 6) is 1.98. The number of hydrogen-bond donors (Lipinski definition) is 2. The molecule has 0 fully saturated rings. The molecule has 0 aliphatic carbocycles. The van der Waals surface area contributed by atoms with Crippen molar-refractivity contribution in [2.45, 2.75) is 18.2 Å². The van der Waals surface area contributed by atoms with Crippen LogP contribution in [0.15, 0.2) is 35.2 Å². The Kier molecular flexibility index (Phi) is 4.04. The fraction of sp³-hybridized carbons (Fsp3) is 0.231. The van der Waals surface area contributed by atoms with Crippen molar-refractivity contribution < 1.29 is 0 Å². The van der Waals surface area contributed by atoms with Crippen LogP contribution in [0.1, 0.15) is 12.7 Å². The molecule has 0 saturated carbocycles. The smallest absolute Gasteiger partial charge is 0.136 e. The maximum Gasteiger partial charge on any atom is 0.136 e. The van der Waals surface area contributed by atoms with E-state index in [9.17, 15) is 0 Å². The average Bonchev–Trinajstić information content (AvgIpc) is 2.38. The minimum atomic E-state index is 0.492. The van der Waals surface area contributed by atoms with E-state index in [0.717, 1.165) is 23.8 Å². The lowest BCUT2D eigenvalue weighted by Crippen LogP contribution is -2.03. The van der Waals surface area contributed by atoms with Gasteiger partial charge in [-0.3, -0.25) is 0 Å². The van der Waals surface area contributed by atoms with E-state index in [0.29, 0.717) is 5.82 Å². The lowest BCUT2D eigenvalue weighted by atomic mass is 10.3. The van der Waals surface area contributed by atoms with Crippen molar-refractivity contribution in [2.75, 3.05) is 17.3 Å². The topological polar surface area (TPSA) is 63.8 Å². The van der Waals surface area contributed by atoms with Gasteiger partial charge < -0.3 is 11.1 Å². The Morgan fingerprint density at radius 3 is 2.78 bits per heavy atom. The van der Waals surface area contributed by atoms with Gasteiger partial charge in [0.15, 0.2) is 0 Å². The summed E-state index contributed by atoms with van der Waals surface area (Å²) in [5, 5.41) is 3.29. The predicted octanol–water partition coefficient (Wildman–Crippen LogP) is 3.09. The number of hydrogen-bond acceptors (Lipinski definition) is 5. The third kappa shape index (κ3) is 2.92. The Morgan fingerprint density at radius 2 is 2.06 bits per heavy atom. The first-order valence-electron chi connectivity index (χ1n) is 5.76. The maximum atomic E-state index is 5.76. The number of aromatic nitrogens is 2. The van der Waals surface area contributed by atoms with Gasteiger partial charge in [0, 0.05) is 17.4 Å². The van der Waals surface area contributed by atoms with Gasteiger partial charge in [0.1, 0.15) is 17.5 Å². The SMILES string of the molecule is CCc1nc(N)cc(Nc2ccccc2SC)n1. The average molecular weight is 260 g/mol. The maximum absolute atomic E-state index is 5.76. The van der Waals surface area contributed by atoms with E-state index in [2.05, 4.69) is 21.4 Å². The lowest BCUT2D eigenvalue weighted by Gasteiger charge is -2.10. The molecule has 0 aliphatic heterocycles. The molecule has 18 heavy (non-hydrogen) atoms. The van der Waals surface area contributed by atoms with Crippen LogP contribution in [-0.2, 0) is 6.42 Å². The molecule has 1 aromatic heterocycles. The second-order valence-electron chi connectivity index (χ2n) is 3.77. The molecule has 2 aromatic rings. The summed E-state index contributed by atoms with van der Waals surface area (Å²) in [4.78, 5) is 9.74. The van der Waals surface area contributed by atoms with E-state index in [4.69, 9.17) is 5.73 Å². The molecule has 4 nitrogen and oxygen atoms in total. The fourth-order valence-corrected chi connectivity index (χ4v) is 2.18. The van der Waals surface area contributed by atoms with Crippen molar-refractivity contribution in [2.24, 2.45) is 0 Å². The largest absolute Gasteiger partial charge is 0.384 e. The predicted molar refractivity (Wildman–Crippen MR) is 77.3 cm³/mol. The number of aryl methyl sites for hydroxylation is 1. The zero-order valence-corrected chi connectivity index (χ0v) is 11.3. The van der Waals surface area contributed by atoms with Crippen molar-refractivity contribution in [3.63, 3.8) is 0 Å². The highest BCUT2D eigenvalue weighted by Gasteiger charge is 2.04. The van der Waals surface area contributed by atoms with Crippen LogP contribution in [0.2, 0.25) is 0 Å². The number of nitrogens with one attached hydrogen (secondary N) is 1. The molecule has 1 heterocycles. The first kappa shape index (κ1) is 12.7. The van der Waals surface area contributed by atoms with E-state index in [1.54, 1.807) is 17.8 Å². The summed E-state index contributed by atoms with van der Waals surface area (Å²) in [5.41, 5.74) is 6.80. The van der Waals surface area contributed by atoms with Gasteiger partial charge in [0.2, 0.25) is 0 Å². The van der Waals surface area contributed by atoms with Crippen LogP contribution in [0.25, 0.3) is 0 Å². The summed E-state index contributed by atoms with van der Waals surface area (Å²) >= 11 is 1.69.